The van der Waals surface area contributed by atoms with E-state index < -0.39 is 0 Å². The molecule has 6 nitrogen and oxygen atoms in total. The first-order chi connectivity index (χ1) is 14.1. The molecule has 159 valence electrons. The Hall–Kier alpha value is -0.275. The predicted molar refractivity (Wildman–Crippen MR) is 109 cm³/mol. The van der Waals surface area contributed by atoms with Gasteiger partial charge in [-0.2, -0.15) is 0 Å². The van der Waals surface area contributed by atoms with Crippen molar-refractivity contribution in [1.82, 2.24) is 0 Å². The van der Waals surface area contributed by atoms with Crippen LogP contribution < -0.4 is 0 Å². The Morgan fingerprint density at radius 1 is 1.21 bits per heavy atom. The number of esters is 1. The van der Waals surface area contributed by atoms with Gasteiger partial charge in [0.05, 0.1) is 44.6 Å². The Kier molecular flexibility index (Phi) is 8.40. The first-order valence-electron chi connectivity index (χ1n) is 11.3. The van der Waals surface area contributed by atoms with Crippen LogP contribution in [0.25, 0.3) is 0 Å². The number of hydrogen-bond acceptors (Lipinski definition) is 7. The minimum atomic E-state index is -0.349. The summed E-state index contributed by atoms with van der Waals surface area (Å²) >= 11 is 0.943. The molecule has 3 rings (SSSR count). The van der Waals surface area contributed by atoms with Crippen LogP contribution in [0.3, 0.4) is 0 Å². The number of carbonyl (C=O) groups is 1. The van der Waals surface area contributed by atoms with E-state index in [1.54, 1.807) is 0 Å². The minimum absolute atomic E-state index is 0.0539. The second-order valence-electron chi connectivity index (χ2n) is 8.23. The van der Waals surface area contributed by atoms with Gasteiger partial charge in [0, 0.05) is 19.3 Å². The molecule has 2 heterocycles. The molecule has 8 heteroatoms. The molecule has 2 aliphatic heterocycles. The standard InChI is InChI=1S/C20H34BO6S/c1-23-19(22)14-18(27-28-21)13-16-7-5-6-15(25-16)12-17-8-11-24-20(26-17)9-3-2-4-10-20/h15-18,21H,2-14H2,1H3/t15-,16+,17+,18+/m1/s1/i21T. The molecule has 0 unspecified atom stereocenters. The zero-order valence-electron chi connectivity index (χ0n) is 17.9. The molecule has 28 heavy (non-hydrogen) atoms. The fourth-order valence-electron chi connectivity index (χ4n) is 4.71. The summed E-state index contributed by atoms with van der Waals surface area (Å²) in [5, 5.41) is 0. The molecule has 1 radical (unpaired) electrons. The molecule has 1 spiro atoms. The van der Waals surface area contributed by atoms with Crippen molar-refractivity contribution in [1.29, 1.82) is 1.34 Å². The molecule has 0 N–H and O–H groups in total. The second-order valence-corrected chi connectivity index (χ2v) is 8.61. The third-order valence-corrected chi connectivity index (χ3v) is 6.49. The van der Waals surface area contributed by atoms with E-state index in [1.807, 2.05) is 0 Å². The summed E-state index contributed by atoms with van der Waals surface area (Å²) in [4.78, 5) is 11.7. The molecule has 0 aromatic carbocycles. The van der Waals surface area contributed by atoms with Gasteiger partial charge >= 0.3 is 5.97 Å². The molecule has 0 aromatic heterocycles. The lowest BCUT2D eigenvalue weighted by molar-refractivity contribution is -0.309. The molecule has 1 saturated carbocycles. The lowest BCUT2D eigenvalue weighted by Gasteiger charge is -2.44. The zero-order chi connectivity index (χ0) is 20.5. The van der Waals surface area contributed by atoms with Crippen LogP contribution in [0.2, 0.25) is 0 Å². The van der Waals surface area contributed by atoms with E-state index in [-0.39, 0.29) is 42.6 Å². The molecule has 2 saturated heterocycles. The van der Waals surface area contributed by atoms with Crippen molar-refractivity contribution in [2.75, 3.05) is 13.7 Å². The van der Waals surface area contributed by atoms with Gasteiger partial charge in [-0.05, 0) is 46.3 Å². The Morgan fingerprint density at radius 2 is 2.04 bits per heavy atom. The van der Waals surface area contributed by atoms with E-state index in [1.165, 1.54) is 26.4 Å². The van der Waals surface area contributed by atoms with Crippen molar-refractivity contribution < 1.29 is 27.9 Å². The Labute approximate surface area is 175 Å². The minimum Gasteiger partial charge on any atom is -0.469 e. The summed E-state index contributed by atoms with van der Waals surface area (Å²) in [6, 6.07) is 0. The molecule has 1 aliphatic carbocycles. The van der Waals surface area contributed by atoms with Crippen LogP contribution in [-0.2, 0) is 27.9 Å². The van der Waals surface area contributed by atoms with E-state index in [4.69, 9.17) is 24.5 Å². The van der Waals surface area contributed by atoms with Gasteiger partial charge in [0.25, 0.3) is 0 Å². The number of hydrogen-bond donors (Lipinski definition) is 0. The third-order valence-electron chi connectivity index (χ3n) is 6.10. The zero-order valence-corrected chi connectivity index (χ0v) is 17.8. The quantitative estimate of drug-likeness (QED) is 0.324. The van der Waals surface area contributed by atoms with Crippen molar-refractivity contribution in [2.24, 2.45) is 0 Å². The van der Waals surface area contributed by atoms with Gasteiger partial charge in [-0.1, -0.05) is 18.3 Å². The third kappa shape index (κ3) is 6.62. The maximum absolute atomic E-state index is 11.7. The first kappa shape index (κ1) is 21.0. The maximum atomic E-state index is 11.7. The van der Waals surface area contributed by atoms with Crippen LogP contribution in [0.5, 0.6) is 0 Å². The van der Waals surface area contributed by atoms with Crippen LogP contribution in [0.1, 0.15) is 77.0 Å². The van der Waals surface area contributed by atoms with Crippen LogP contribution >= 0.6 is 11.9 Å². The first-order valence-corrected chi connectivity index (χ1v) is 11.5. The van der Waals surface area contributed by atoms with Crippen molar-refractivity contribution in [3.63, 3.8) is 0 Å². The van der Waals surface area contributed by atoms with Crippen molar-refractivity contribution in [3.05, 3.63) is 0 Å². The number of methoxy groups -OCH3 is 1. The highest BCUT2D eigenvalue weighted by Crippen LogP contribution is 2.38. The Morgan fingerprint density at radius 3 is 2.82 bits per heavy atom. The molecular weight excluding hydrogens is 379 g/mol. The monoisotopic (exact) mass is 415 g/mol. The topological polar surface area (TPSA) is 63.2 Å². The van der Waals surface area contributed by atoms with Crippen molar-refractivity contribution in [2.45, 2.75) is 107 Å². The van der Waals surface area contributed by atoms with Crippen LogP contribution in [0.4, 0.5) is 0 Å². The Bertz CT molecular complexity index is 502. The molecular formula is C20H34BO6S. The van der Waals surface area contributed by atoms with Crippen LogP contribution in [-0.4, -0.2) is 58.3 Å². The maximum Gasteiger partial charge on any atom is 0.308 e. The molecule has 0 bridgehead atoms. The predicted octanol–water partition coefficient (Wildman–Crippen LogP) is 3.58. The van der Waals surface area contributed by atoms with Gasteiger partial charge in [-0.15, -0.1) is 0 Å². The van der Waals surface area contributed by atoms with E-state index >= 15 is 0 Å². The summed E-state index contributed by atoms with van der Waals surface area (Å²) in [5.74, 6) is -0.653. The molecule has 0 aromatic rings. The number of ether oxygens (including phenoxy) is 4. The average molecular weight is 415 g/mol. The molecule has 4 atom stereocenters. The summed E-state index contributed by atoms with van der Waals surface area (Å²) < 4.78 is 36.3. The second kappa shape index (κ2) is 11.2. The van der Waals surface area contributed by atoms with Gasteiger partial charge in [-0.3, -0.25) is 4.79 Å². The highest BCUT2D eigenvalue weighted by Gasteiger charge is 2.40. The van der Waals surface area contributed by atoms with E-state index in [2.05, 4.69) is 0 Å². The number of rotatable bonds is 9. The fraction of sp³-hybridized carbons (Fsp3) is 0.950. The average Bonchev–Trinajstić information content (AvgIpc) is 2.73. The smallest absolute Gasteiger partial charge is 0.308 e. The summed E-state index contributed by atoms with van der Waals surface area (Å²) in [6.45, 7) is 0.775. The largest absolute Gasteiger partial charge is 0.469 e. The van der Waals surface area contributed by atoms with Gasteiger partial charge in [0.15, 0.2) is 5.79 Å². The highest BCUT2D eigenvalue weighted by atomic mass is 32.2. The van der Waals surface area contributed by atoms with E-state index in [0.717, 1.165) is 70.5 Å². The number of carbonyl (C=O) groups excluding carboxylic acids is 1. The van der Waals surface area contributed by atoms with Crippen LogP contribution in [0.15, 0.2) is 0 Å². The lowest BCUT2D eigenvalue weighted by Crippen LogP contribution is -2.47. The summed E-state index contributed by atoms with van der Waals surface area (Å²) in [6.07, 6.45) is 11.5. The summed E-state index contributed by atoms with van der Waals surface area (Å²) in [5.41, 5.74) is 0. The highest BCUT2D eigenvalue weighted by molar-refractivity contribution is 8.15. The lowest BCUT2D eigenvalue weighted by atomic mass is 9.91. The molecule has 3 fully saturated rings. The van der Waals surface area contributed by atoms with Crippen LogP contribution in [0, 0.1) is 0 Å². The van der Waals surface area contributed by atoms with Crippen molar-refractivity contribution >= 4 is 25.0 Å². The van der Waals surface area contributed by atoms with Gasteiger partial charge < -0.3 is 23.1 Å². The Balaban J connectivity index is 1.48. The summed E-state index contributed by atoms with van der Waals surface area (Å²) in [7, 11) is 2.50. The molecule has 3 aliphatic rings. The van der Waals surface area contributed by atoms with E-state index in [0.29, 0.717) is 6.42 Å². The van der Waals surface area contributed by atoms with Gasteiger partial charge in [0.2, 0.25) is 7.09 Å². The van der Waals surface area contributed by atoms with Gasteiger partial charge in [0.1, 0.15) is 0 Å². The van der Waals surface area contributed by atoms with Crippen molar-refractivity contribution in [3.8, 4) is 0 Å². The normalized spacial score (nSPS) is 31.8. The SMILES string of the molecule is [3H][B]SO[C@H](CC(=O)OC)C[C@@H]1CCC[C@H](C[C@@H]2CCOC3(CCCCC3)O2)O1. The fourth-order valence-corrected chi connectivity index (χ4v) is 5.01. The van der Waals surface area contributed by atoms with E-state index in [9.17, 15) is 4.79 Å². The van der Waals surface area contributed by atoms with Gasteiger partial charge in [-0.25, -0.2) is 0 Å². The molecule has 0 amide bonds.